The summed E-state index contributed by atoms with van der Waals surface area (Å²) in [5.74, 6) is 1.05. The molecule has 1 heterocycles. The molecule has 0 radical (unpaired) electrons. The van der Waals surface area contributed by atoms with Gasteiger partial charge >= 0.3 is 0 Å². The molecule has 0 amide bonds. The normalized spacial score (nSPS) is 11.7. The topological polar surface area (TPSA) is 59.2 Å². The third kappa shape index (κ3) is 2.97. The van der Waals surface area contributed by atoms with Gasteiger partial charge in [-0.25, -0.2) is 0 Å². The molecule has 4 nitrogen and oxygen atoms in total. The van der Waals surface area contributed by atoms with E-state index < -0.39 is 0 Å². The van der Waals surface area contributed by atoms with Crippen LogP contribution in [0.5, 0.6) is 5.75 Å². The molecule has 3 aromatic rings. The molecular weight excluding hydrogens is 288 g/mol. The summed E-state index contributed by atoms with van der Waals surface area (Å²) in [4.78, 5) is 4.26. The van der Waals surface area contributed by atoms with Crippen molar-refractivity contribution >= 4 is 0 Å². The molecule has 1 N–H and O–H groups in total. The Morgan fingerprint density at radius 1 is 1.00 bits per heavy atom. The molecule has 0 saturated heterocycles. The third-order valence-corrected chi connectivity index (χ3v) is 3.83. The van der Waals surface area contributed by atoms with Crippen LogP contribution in [0.1, 0.15) is 32.2 Å². The molecule has 1 aromatic heterocycles. The SMILES string of the molecule is Cc1nc(-c2cc(C(C)(C)C)cc(-c3ccccc3)c2O)no1. The van der Waals surface area contributed by atoms with E-state index >= 15 is 0 Å². The summed E-state index contributed by atoms with van der Waals surface area (Å²) in [6, 6.07) is 13.8. The second kappa shape index (κ2) is 5.54. The fraction of sp³-hybridized carbons (Fsp3) is 0.263. The van der Waals surface area contributed by atoms with Crippen molar-refractivity contribution in [2.24, 2.45) is 0 Å². The van der Waals surface area contributed by atoms with Gasteiger partial charge in [0.15, 0.2) is 0 Å². The molecule has 0 bridgehead atoms. The average molecular weight is 308 g/mol. The number of hydrogen-bond acceptors (Lipinski definition) is 4. The second-order valence-corrected chi connectivity index (χ2v) is 6.67. The Balaban J connectivity index is 2.28. The van der Waals surface area contributed by atoms with E-state index in [9.17, 15) is 5.11 Å². The number of aromatic nitrogens is 2. The smallest absolute Gasteiger partial charge is 0.223 e. The minimum Gasteiger partial charge on any atom is -0.507 e. The molecule has 0 spiro atoms. The van der Waals surface area contributed by atoms with E-state index in [-0.39, 0.29) is 11.2 Å². The highest BCUT2D eigenvalue weighted by atomic mass is 16.5. The fourth-order valence-corrected chi connectivity index (χ4v) is 2.48. The number of aryl methyl sites for hydroxylation is 1. The van der Waals surface area contributed by atoms with Crippen molar-refractivity contribution in [1.29, 1.82) is 0 Å². The first-order valence-electron chi connectivity index (χ1n) is 7.60. The molecule has 0 saturated carbocycles. The number of benzene rings is 2. The van der Waals surface area contributed by atoms with Gasteiger partial charge in [-0.3, -0.25) is 0 Å². The van der Waals surface area contributed by atoms with E-state index in [1.165, 1.54) is 0 Å². The van der Waals surface area contributed by atoms with Crippen LogP contribution in [0, 0.1) is 6.92 Å². The minimum atomic E-state index is -0.0647. The summed E-state index contributed by atoms with van der Waals surface area (Å²) >= 11 is 0. The molecule has 0 unspecified atom stereocenters. The largest absolute Gasteiger partial charge is 0.507 e. The lowest BCUT2D eigenvalue weighted by molar-refractivity contribution is 0.394. The maximum atomic E-state index is 10.8. The van der Waals surface area contributed by atoms with Gasteiger partial charge in [-0.2, -0.15) is 4.98 Å². The first kappa shape index (κ1) is 15.3. The highest BCUT2D eigenvalue weighted by Gasteiger charge is 2.22. The van der Waals surface area contributed by atoms with Gasteiger partial charge in [0.2, 0.25) is 11.7 Å². The Kier molecular flexibility index (Phi) is 3.68. The zero-order valence-corrected chi connectivity index (χ0v) is 13.8. The van der Waals surface area contributed by atoms with E-state index in [0.717, 1.165) is 16.7 Å². The first-order valence-corrected chi connectivity index (χ1v) is 7.60. The molecule has 23 heavy (non-hydrogen) atoms. The number of phenolic OH excluding ortho intramolecular Hbond substituents is 1. The summed E-state index contributed by atoms with van der Waals surface area (Å²) in [6.07, 6.45) is 0. The van der Waals surface area contributed by atoms with Crippen molar-refractivity contribution in [1.82, 2.24) is 10.1 Å². The van der Waals surface area contributed by atoms with E-state index in [0.29, 0.717) is 17.3 Å². The van der Waals surface area contributed by atoms with Crippen LogP contribution < -0.4 is 0 Å². The summed E-state index contributed by atoms with van der Waals surface area (Å²) in [6.45, 7) is 8.15. The summed E-state index contributed by atoms with van der Waals surface area (Å²) < 4.78 is 5.07. The number of aromatic hydroxyl groups is 1. The third-order valence-electron chi connectivity index (χ3n) is 3.83. The fourth-order valence-electron chi connectivity index (χ4n) is 2.48. The lowest BCUT2D eigenvalue weighted by Gasteiger charge is -2.22. The molecule has 0 aliphatic rings. The highest BCUT2D eigenvalue weighted by Crippen LogP contribution is 2.40. The van der Waals surface area contributed by atoms with Crippen molar-refractivity contribution in [2.45, 2.75) is 33.1 Å². The van der Waals surface area contributed by atoms with Crippen molar-refractivity contribution in [3.05, 3.63) is 53.9 Å². The maximum absolute atomic E-state index is 10.8. The average Bonchev–Trinajstić information content (AvgIpc) is 2.93. The molecule has 0 atom stereocenters. The lowest BCUT2D eigenvalue weighted by atomic mass is 9.83. The second-order valence-electron chi connectivity index (χ2n) is 6.67. The number of nitrogens with zero attached hydrogens (tertiary/aromatic N) is 2. The Morgan fingerprint density at radius 2 is 1.65 bits per heavy atom. The van der Waals surface area contributed by atoms with Crippen molar-refractivity contribution in [3.8, 4) is 28.3 Å². The van der Waals surface area contributed by atoms with Gasteiger partial charge in [0.1, 0.15) is 5.75 Å². The summed E-state index contributed by atoms with van der Waals surface area (Å²) in [7, 11) is 0. The molecule has 4 heteroatoms. The monoisotopic (exact) mass is 308 g/mol. The quantitative estimate of drug-likeness (QED) is 0.744. The van der Waals surface area contributed by atoms with Crippen LogP contribution in [0.15, 0.2) is 47.0 Å². The van der Waals surface area contributed by atoms with Gasteiger partial charge in [0.05, 0.1) is 5.56 Å². The van der Waals surface area contributed by atoms with Gasteiger partial charge < -0.3 is 9.63 Å². The molecule has 2 aromatic carbocycles. The Morgan fingerprint density at radius 3 is 2.22 bits per heavy atom. The first-order chi connectivity index (χ1) is 10.9. The summed E-state index contributed by atoms with van der Waals surface area (Å²) in [5, 5.41) is 14.7. The van der Waals surface area contributed by atoms with Crippen LogP contribution in [0.4, 0.5) is 0 Å². The molecular formula is C19H20N2O2. The zero-order chi connectivity index (χ0) is 16.6. The van der Waals surface area contributed by atoms with Crippen molar-refractivity contribution < 1.29 is 9.63 Å². The number of phenols is 1. The molecule has 0 aliphatic carbocycles. The van der Waals surface area contributed by atoms with E-state index in [4.69, 9.17) is 4.52 Å². The van der Waals surface area contributed by atoms with Crippen LogP contribution in [0.25, 0.3) is 22.5 Å². The minimum absolute atomic E-state index is 0.0647. The maximum Gasteiger partial charge on any atom is 0.223 e. The molecule has 3 rings (SSSR count). The van der Waals surface area contributed by atoms with Gasteiger partial charge in [-0.05, 0) is 28.7 Å². The van der Waals surface area contributed by atoms with E-state index in [1.54, 1.807) is 6.92 Å². The molecule has 0 fully saturated rings. The Labute approximate surface area is 135 Å². The van der Waals surface area contributed by atoms with Crippen LogP contribution >= 0.6 is 0 Å². The summed E-state index contributed by atoms with van der Waals surface area (Å²) in [5.41, 5.74) is 3.36. The number of hydrogen-bond donors (Lipinski definition) is 1. The highest BCUT2D eigenvalue weighted by molar-refractivity contribution is 5.80. The Bertz CT molecular complexity index is 830. The standard InChI is InChI=1S/C19H20N2O2/c1-12-20-18(21-23-12)16-11-14(19(2,3)4)10-15(17(16)22)13-8-6-5-7-9-13/h5-11,22H,1-4H3. The molecule has 118 valence electrons. The molecule has 0 aliphatic heterocycles. The van der Waals surface area contributed by atoms with Gasteiger partial charge in [0.25, 0.3) is 0 Å². The van der Waals surface area contributed by atoms with Crippen LogP contribution in [0.2, 0.25) is 0 Å². The van der Waals surface area contributed by atoms with Gasteiger partial charge in [0, 0.05) is 12.5 Å². The van der Waals surface area contributed by atoms with E-state index in [2.05, 4.69) is 30.9 Å². The van der Waals surface area contributed by atoms with Crippen molar-refractivity contribution in [3.63, 3.8) is 0 Å². The van der Waals surface area contributed by atoms with Crippen LogP contribution in [-0.2, 0) is 5.41 Å². The van der Waals surface area contributed by atoms with Crippen LogP contribution in [0.3, 0.4) is 0 Å². The van der Waals surface area contributed by atoms with Crippen molar-refractivity contribution in [2.75, 3.05) is 0 Å². The predicted octanol–water partition coefficient (Wildman–Crippen LogP) is 4.72. The zero-order valence-electron chi connectivity index (χ0n) is 13.8. The van der Waals surface area contributed by atoms with E-state index in [1.807, 2.05) is 42.5 Å². The lowest BCUT2D eigenvalue weighted by Crippen LogP contribution is -2.11. The number of rotatable bonds is 2. The van der Waals surface area contributed by atoms with Gasteiger partial charge in [-0.15, -0.1) is 0 Å². The van der Waals surface area contributed by atoms with Crippen LogP contribution in [-0.4, -0.2) is 15.2 Å². The Hall–Kier alpha value is -2.62. The predicted molar refractivity (Wildman–Crippen MR) is 90.3 cm³/mol. The van der Waals surface area contributed by atoms with Gasteiger partial charge in [-0.1, -0.05) is 56.3 Å².